The summed E-state index contributed by atoms with van der Waals surface area (Å²) >= 11 is 0. The van der Waals surface area contributed by atoms with Crippen molar-refractivity contribution in [3.63, 3.8) is 0 Å². The fourth-order valence-corrected chi connectivity index (χ4v) is 1.36. The van der Waals surface area contributed by atoms with Gasteiger partial charge >= 0.3 is 0 Å². The molecule has 0 aromatic heterocycles. The van der Waals surface area contributed by atoms with E-state index in [1.807, 2.05) is 27.7 Å². The Hall–Kier alpha value is -0.570. The smallest absolute Gasteiger partial charge is 0.252 e. The molecule has 0 spiro atoms. The number of rotatable bonds is 4. The summed E-state index contributed by atoms with van der Waals surface area (Å²) in [6, 6.07) is 0.195. The first-order valence-electron chi connectivity index (χ1n) is 4.95. The zero-order valence-electron chi connectivity index (χ0n) is 8.89. The van der Waals surface area contributed by atoms with Crippen LogP contribution in [-0.4, -0.2) is 23.7 Å². The second-order valence-electron chi connectivity index (χ2n) is 4.29. The molecule has 76 valence electrons. The minimum atomic E-state index is -0.488. The molecule has 0 radical (unpaired) electrons. The predicted molar refractivity (Wildman–Crippen MR) is 51.5 cm³/mol. The number of hydrogen-bond acceptors (Lipinski definition) is 2. The molecule has 3 heteroatoms. The van der Waals surface area contributed by atoms with Crippen molar-refractivity contribution in [3.8, 4) is 0 Å². The Bertz CT molecular complexity index is 195. The van der Waals surface area contributed by atoms with Crippen molar-refractivity contribution < 1.29 is 9.53 Å². The second kappa shape index (κ2) is 3.66. The molecular formula is C10H19NO2. The van der Waals surface area contributed by atoms with Gasteiger partial charge in [0.25, 0.3) is 5.91 Å². The van der Waals surface area contributed by atoms with Gasteiger partial charge in [-0.2, -0.15) is 0 Å². The van der Waals surface area contributed by atoms with Gasteiger partial charge in [-0.15, -0.1) is 0 Å². The molecule has 1 aliphatic carbocycles. The summed E-state index contributed by atoms with van der Waals surface area (Å²) in [5.74, 6) is 0.0520. The first kappa shape index (κ1) is 10.5. The second-order valence-corrected chi connectivity index (χ2v) is 4.29. The topological polar surface area (TPSA) is 38.3 Å². The molecular weight excluding hydrogens is 166 g/mol. The Morgan fingerprint density at radius 2 is 1.85 bits per heavy atom. The van der Waals surface area contributed by atoms with Gasteiger partial charge in [0.1, 0.15) is 5.60 Å². The van der Waals surface area contributed by atoms with Crippen LogP contribution in [0.4, 0.5) is 0 Å². The van der Waals surface area contributed by atoms with Crippen molar-refractivity contribution in [2.75, 3.05) is 0 Å². The Morgan fingerprint density at radius 3 is 2.15 bits per heavy atom. The largest absolute Gasteiger partial charge is 0.363 e. The van der Waals surface area contributed by atoms with E-state index in [0.717, 1.165) is 12.8 Å². The highest BCUT2D eigenvalue weighted by atomic mass is 16.5. The maximum absolute atomic E-state index is 11.6. The quantitative estimate of drug-likeness (QED) is 0.720. The summed E-state index contributed by atoms with van der Waals surface area (Å²) in [6.45, 7) is 7.85. The summed E-state index contributed by atoms with van der Waals surface area (Å²) < 4.78 is 5.60. The van der Waals surface area contributed by atoms with Gasteiger partial charge in [0.05, 0.1) is 6.10 Å². The van der Waals surface area contributed by atoms with E-state index < -0.39 is 5.60 Å². The number of ether oxygens (including phenoxy) is 1. The molecule has 1 rings (SSSR count). The summed E-state index contributed by atoms with van der Waals surface area (Å²) in [6.07, 6.45) is 1.86. The number of nitrogens with one attached hydrogen (secondary N) is 1. The van der Waals surface area contributed by atoms with E-state index >= 15 is 0 Å². The molecule has 1 amide bonds. The van der Waals surface area contributed by atoms with Crippen LogP contribution in [0.3, 0.4) is 0 Å². The number of hydrogen-bond donors (Lipinski definition) is 1. The van der Waals surface area contributed by atoms with Gasteiger partial charge in [-0.05, 0) is 40.5 Å². The molecule has 0 aromatic rings. The molecule has 1 saturated carbocycles. The molecule has 1 fully saturated rings. The van der Waals surface area contributed by atoms with Crippen molar-refractivity contribution in [1.82, 2.24) is 5.32 Å². The first-order chi connectivity index (χ1) is 5.96. The molecule has 0 aliphatic heterocycles. The molecule has 0 unspecified atom stereocenters. The van der Waals surface area contributed by atoms with E-state index in [0.29, 0.717) is 0 Å². The Morgan fingerprint density at radius 1 is 1.31 bits per heavy atom. The van der Waals surface area contributed by atoms with Crippen molar-refractivity contribution >= 4 is 5.91 Å². The molecule has 3 nitrogen and oxygen atoms in total. The van der Waals surface area contributed by atoms with Crippen molar-refractivity contribution in [2.24, 2.45) is 0 Å². The lowest BCUT2D eigenvalue weighted by molar-refractivity contribution is -0.139. The van der Waals surface area contributed by atoms with E-state index in [4.69, 9.17) is 4.74 Å². The van der Waals surface area contributed by atoms with Crippen LogP contribution in [0.15, 0.2) is 0 Å². The molecule has 0 bridgehead atoms. The Balaban J connectivity index is 2.45. The van der Waals surface area contributed by atoms with E-state index in [-0.39, 0.29) is 18.1 Å². The van der Waals surface area contributed by atoms with Gasteiger partial charge in [0.15, 0.2) is 0 Å². The molecule has 1 aliphatic rings. The van der Waals surface area contributed by atoms with Gasteiger partial charge in [-0.1, -0.05) is 0 Å². The van der Waals surface area contributed by atoms with E-state index in [1.165, 1.54) is 0 Å². The van der Waals surface area contributed by atoms with Gasteiger partial charge in [0, 0.05) is 6.04 Å². The molecule has 0 heterocycles. The third kappa shape index (κ3) is 2.69. The summed E-state index contributed by atoms with van der Waals surface area (Å²) in [4.78, 5) is 11.6. The van der Waals surface area contributed by atoms with Crippen LogP contribution in [0.2, 0.25) is 0 Å². The van der Waals surface area contributed by atoms with Crippen LogP contribution in [-0.2, 0) is 9.53 Å². The van der Waals surface area contributed by atoms with Crippen LogP contribution < -0.4 is 5.32 Å². The maximum atomic E-state index is 11.6. The average Bonchev–Trinajstić information content (AvgIpc) is 2.66. The third-order valence-corrected chi connectivity index (χ3v) is 2.00. The highest BCUT2D eigenvalue weighted by molar-refractivity contribution is 5.88. The molecule has 13 heavy (non-hydrogen) atoms. The van der Waals surface area contributed by atoms with Gasteiger partial charge in [-0.25, -0.2) is 0 Å². The van der Waals surface area contributed by atoms with Crippen molar-refractivity contribution in [2.45, 2.75) is 58.3 Å². The van der Waals surface area contributed by atoms with E-state index in [2.05, 4.69) is 5.32 Å². The zero-order chi connectivity index (χ0) is 10.1. The molecule has 0 saturated heterocycles. The lowest BCUT2D eigenvalue weighted by Gasteiger charge is -2.20. The van der Waals surface area contributed by atoms with Crippen LogP contribution in [0.5, 0.6) is 0 Å². The van der Waals surface area contributed by atoms with Crippen LogP contribution in [0.1, 0.15) is 40.5 Å². The summed E-state index contributed by atoms with van der Waals surface area (Å²) in [5.41, 5.74) is -0.488. The van der Waals surface area contributed by atoms with Gasteiger partial charge in [-0.3, -0.25) is 4.79 Å². The van der Waals surface area contributed by atoms with Gasteiger partial charge in [0.2, 0.25) is 0 Å². The minimum Gasteiger partial charge on any atom is -0.363 e. The fraction of sp³-hybridized carbons (Fsp3) is 0.900. The number of carbonyl (C=O) groups is 1. The van der Waals surface area contributed by atoms with Crippen LogP contribution in [0, 0.1) is 0 Å². The normalized spacial score (nSPS) is 19.2. The first-order valence-corrected chi connectivity index (χ1v) is 4.95. The molecule has 0 aromatic carbocycles. The SMILES string of the molecule is CC(C)NC(=O)C1(OC(C)C)CC1. The maximum Gasteiger partial charge on any atom is 0.252 e. The molecule has 1 N–H and O–H groups in total. The monoisotopic (exact) mass is 185 g/mol. The van der Waals surface area contributed by atoms with Crippen LogP contribution in [0.25, 0.3) is 0 Å². The zero-order valence-corrected chi connectivity index (χ0v) is 8.89. The van der Waals surface area contributed by atoms with E-state index in [9.17, 15) is 4.79 Å². The number of carbonyl (C=O) groups excluding carboxylic acids is 1. The van der Waals surface area contributed by atoms with Gasteiger partial charge < -0.3 is 10.1 Å². The predicted octanol–water partition coefficient (Wildman–Crippen LogP) is 1.47. The summed E-state index contributed by atoms with van der Waals surface area (Å²) in [5, 5.41) is 2.89. The highest BCUT2D eigenvalue weighted by Gasteiger charge is 2.51. The lowest BCUT2D eigenvalue weighted by Crippen LogP contribution is -2.42. The highest BCUT2D eigenvalue weighted by Crippen LogP contribution is 2.40. The standard InChI is InChI=1S/C10H19NO2/c1-7(2)11-9(12)10(5-6-10)13-8(3)4/h7-8H,5-6H2,1-4H3,(H,11,12). The average molecular weight is 185 g/mol. The number of amides is 1. The van der Waals surface area contributed by atoms with E-state index in [1.54, 1.807) is 0 Å². The Labute approximate surface area is 79.8 Å². The molecule has 0 atom stereocenters. The van der Waals surface area contributed by atoms with Crippen LogP contribution >= 0.6 is 0 Å². The third-order valence-electron chi connectivity index (χ3n) is 2.00. The Kier molecular flexibility index (Phi) is 2.96. The minimum absolute atomic E-state index is 0.0520. The summed E-state index contributed by atoms with van der Waals surface area (Å²) in [7, 11) is 0. The van der Waals surface area contributed by atoms with Crippen molar-refractivity contribution in [1.29, 1.82) is 0 Å². The lowest BCUT2D eigenvalue weighted by atomic mass is 10.2. The van der Waals surface area contributed by atoms with Crippen molar-refractivity contribution in [3.05, 3.63) is 0 Å². The fourth-order valence-electron chi connectivity index (χ4n) is 1.36.